The molecule has 1 aromatic heterocycles. The second-order valence-electron chi connectivity index (χ2n) is 7.46. The molecule has 3 aromatic carbocycles. The molecular formula is C26H24FN3O2. The van der Waals surface area contributed by atoms with Crippen molar-refractivity contribution < 1.29 is 13.9 Å². The largest absolute Gasteiger partial charge is 0.497 e. The molecular weight excluding hydrogens is 405 g/mol. The Morgan fingerprint density at radius 2 is 1.75 bits per heavy atom. The number of imidazole rings is 1. The molecule has 6 heteroatoms. The minimum Gasteiger partial charge on any atom is -0.497 e. The van der Waals surface area contributed by atoms with Gasteiger partial charge in [-0.2, -0.15) is 0 Å². The molecule has 162 valence electrons. The molecule has 1 amide bonds. The molecule has 0 saturated carbocycles. The zero-order valence-electron chi connectivity index (χ0n) is 17.8. The molecule has 0 aliphatic heterocycles. The zero-order valence-corrected chi connectivity index (χ0v) is 17.8. The Bertz CT molecular complexity index is 1190. The maximum atomic E-state index is 13.4. The number of ether oxygens (including phenoxy) is 1. The van der Waals surface area contributed by atoms with E-state index in [2.05, 4.69) is 10.3 Å². The molecule has 0 atom stereocenters. The van der Waals surface area contributed by atoms with E-state index < -0.39 is 0 Å². The topological polar surface area (TPSA) is 56.1 Å². The third-order valence-corrected chi connectivity index (χ3v) is 5.18. The zero-order chi connectivity index (χ0) is 22.3. The van der Waals surface area contributed by atoms with E-state index in [0.29, 0.717) is 30.9 Å². The third kappa shape index (κ3) is 5.21. The second-order valence-corrected chi connectivity index (χ2v) is 7.46. The van der Waals surface area contributed by atoms with E-state index in [0.717, 1.165) is 22.4 Å². The lowest BCUT2D eigenvalue weighted by Crippen LogP contribution is -2.16. The van der Waals surface area contributed by atoms with Crippen molar-refractivity contribution in [3.05, 3.63) is 102 Å². The number of aromatic nitrogens is 2. The Morgan fingerprint density at radius 3 is 2.50 bits per heavy atom. The first kappa shape index (κ1) is 21.3. The van der Waals surface area contributed by atoms with Gasteiger partial charge in [0.05, 0.1) is 20.0 Å². The van der Waals surface area contributed by atoms with E-state index in [1.54, 1.807) is 25.6 Å². The van der Waals surface area contributed by atoms with Crippen LogP contribution in [-0.2, 0) is 17.8 Å². The molecule has 0 bridgehead atoms. The lowest BCUT2D eigenvalue weighted by atomic mass is 10.1. The average Bonchev–Trinajstić information content (AvgIpc) is 3.21. The minimum absolute atomic E-state index is 0.119. The van der Waals surface area contributed by atoms with Gasteiger partial charge in [-0.3, -0.25) is 4.79 Å². The summed E-state index contributed by atoms with van der Waals surface area (Å²) in [4.78, 5) is 17.4. The SMILES string of the molecule is COc1cccc(CCC(=O)Nc2c(-c3ccc(F)cc3)ncn2Cc2ccccc2)c1. The third-order valence-electron chi connectivity index (χ3n) is 5.18. The number of benzene rings is 3. The number of amides is 1. The molecule has 0 aliphatic carbocycles. The van der Waals surface area contributed by atoms with Crippen LogP contribution in [0.15, 0.2) is 85.2 Å². The van der Waals surface area contributed by atoms with Crippen molar-refractivity contribution in [3.63, 3.8) is 0 Å². The molecule has 1 N–H and O–H groups in total. The molecule has 5 nitrogen and oxygen atoms in total. The Labute approximate surface area is 186 Å². The van der Waals surface area contributed by atoms with Gasteiger partial charge >= 0.3 is 0 Å². The molecule has 32 heavy (non-hydrogen) atoms. The standard InChI is InChI=1S/C26H24FN3O2/c1-32-23-9-5-8-19(16-23)10-15-24(31)29-26-25(21-11-13-22(27)14-12-21)28-18-30(26)17-20-6-3-2-4-7-20/h2-9,11-14,16,18H,10,15,17H2,1H3,(H,29,31). The van der Waals surface area contributed by atoms with E-state index >= 15 is 0 Å². The van der Waals surface area contributed by atoms with Gasteiger partial charge in [-0.15, -0.1) is 0 Å². The number of methoxy groups -OCH3 is 1. The Balaban J connectivity index is 1.56. The molecule has 4 aromatic rings. The first-order valence-electron chi connectivity index (χ1n) is 10.4. The molecule has 0 radical (unpaired) electrons. The van der Waals surface area contributed by atoms with Crippen molar-refractivity contribution in [1.29, 1.82) is 0 Å². The van der Waals surface area contributed by atoms with Gasteiger partial charge in [-0.1, -0.05) is 42.5 Å². The molecule has 4 rings (SSSR count). The van der Waals surface area contributed by atoms with E-state index in [4.69, 9.17) is 4.74 Å². The van der Waals surface area contributed by atoms with Crippen LogP contribution in [0, 0.1) is 5.82 Å². The lowest BCUT2D eigenvalue weighted by molar-refractivity contribution is -0.116. The number of hydrogen-bond acceptors (Lipinski definition) is 3. The molecule has 0 aliphatic rings. The highest BCUT2D eigenvalue weighted by Gasteiger charge is 2.16. The molecule has 0 unspecified atom stereocenters. The average molecular weight is 429 g/mol. The number of aryl methyl sites for hydroxylation is 1. The molecule has 1 heterocycles. The van der Waals surface area contributed by atoms with Crippen LogP contribution in [0.2, 0.25) is 0 Å². The van der Waals surface area contributed by atoms with Gasteiger partial charge in [0.1, 0.15) is 23.1 Å². The minimum atomic E-state index is -0.318. The van der Waals surface area contributed by atoms with Crippen LogP contribution in [-0.4, -0.2) is 22.6 Å². The number of rotatable bonds is 8. The van der Waals surface area contributed by atoms with Gasteiger partial charge in [0.15, 0.2) is 0 Å². The van der Waals surface area contributed by atoms with Crippen molar-refractivity contribution in [1.82, 2.24) is 9.55 Å². The fraction of sp³-hybridized carbons (Fsp3) is 0.154. The van der Waals surface area contributed by atoms with Gasteiger partial charge in [0, 0.05) is 12.0 Å². The van der Waals surface area contributed by atoms with Crippen molar-refractivity contribution in [2.24, 2.45) is 0 Å². The smallest absolute Gasteiger partial charge is 0.225 e. The normalized spacial score (nSPS) is 10.7. The highest BCUT2D eigenvalue weighted by Crippen LogP contribution is 2.28. The summed E-state index contributed by atoms with van der Waals surface area (Å²) < 4.78 is 20.6. The quantitative estimate of drug-likeness (QED) is 0.413. The molecule has 0 saturated heterocycles. The number of nitrogens with zero attached hydrogens (tertiary/aromatic N) is 2. The number of halogens is 1. The summed E-state index contributed by atoms with van der Waals surface area (Å²) in [5, 5.41) is 3.03. The summed E-state index contributed by atoms with van der Waals surface area (Å²) in [5.41, 5.74) is 3.45. The maximum Gasteiger partial charge on any atom is 0.225 e. The summed E-state index contributed by atoms with van der Waals surface area (Å²) in [6.45, 7) is 0.556. The summed E-state index contributed by atoms with van der Waals surface area (Å²) in [7, 11) is 1.62. The van der Waals surface area contributed by atoms with Crippen LogP contribution >= 0.6 is 0 Å². The van der Waals surface area contributed by atoms with Gasteiger partial charge < -0.3 is 14.6 Å². The van der Waals surface area contributed by atoms with Crippen LogP contribution in [0.1, 0.15) is 17.5 Å². The van der Waals surface area contributed by atoms with Crippen LogP contribution in [0.4, 0.5) is 10.2 Å². The van der Waals surface area contributed by atoms with Gasteiger partial charge in [-0.05, 0) is 53.9 Å². The fourth-order valence-corrected chi connectivity index (χ4v) is 3.51. The van der Waals surface area contributed by atoms with Gasteiger partial charge in [0.2, 0.25) is 5.91 Å². The van der Waals surface area contributed by atoms with E-state index in [-0.39, 0.29) is 11.7 Å². The highest BCUT2D eigenvalue weighted by atomic mass is 19.1. The predicted molar refractivity (Wildman–Crippen MR) is 123 cm³/mol. The molecule has 0 spiro atoms. The van der Waals surface area contributed by atoms with E-state index in [1.165, 1.54) is 12.1 Å². The second kappa shape index (κ2) is 9.92. The number of carbonyl (C=O) groups is 1. The fourth-order valence-electron chi connectivity index (χ4n) is 3.51. The van der Waals surface area contributed by atoms with Crippen molar-refractivity contribution in [2.75, 3.05) is 12.4 Å². The van der Waals surface area contributed by atoms with E-state index in [1.807, 2.05) is 59.2 Å². The highest BCUT2D eigenvalue weighted by molar-refractivity contribution is 5.93. The Hall–Kier alpha value is -3.93. The van der Waals surface area contributed by atoms with Crippen molar-refractivity contribution >= 4 is 11.7 Å². The van der Waals surface area contributed by atoms with Crippen LogP contribution in [0.3, 0.4) is 0 Å². The van der Waals surface area contributed by atoms with Gasteiger partial charge in [0.25, 0.3) is 0 Å². The lowest BCUT2D eigenvalue weighted by Gasteiger charge is -2.12. The first-order valence-corrected chi connectivity index (χ1v) is 10.4. The number of anilines is 1. The van der Waals surface area contributed by atoms with Crippen LogP contribution in [0.25, 0.3) is 11.3 Å². The predicted octanol–water partition coefficient (Wildman–Crippen LogP) is 5.32. The van der Waals surface area contributed by atoms with Crippen molar-refractivity contribution in [2.45, 2.75) is 19.4 Å². The Morgan fingerprint density at radius 1 is 1.00 bits per heavy atom. The summed E-state index contributed by atoms with van der Waals surface area (Å²) >= 11 is 0. The van der Waals surface area contributed by atoms with Crippen LogP contribution < -0.4 is 10.1 Å². The monoisotopic (exact) mass is 429 g/mol. The summed E-state index contributed by atoms with van der Waals surface area (Å²) in [5.74, 6) is 0.922. The Kier molecular flexibility index (Phi) is 6.60. The number of carbonyl (C=O) groups excluding carboxylic acids is 1. The number of hydrogen-bond donors (Lipinski definition) is 1. The van der Waals surface area contributed by atoms with Gasteiger partial charge in [-0.25, -0.2) is 9.37 Å². The summed E-state index contributed by atoms with van der Waals surface area (Å²) in [6, 6.07) is 23.7. The van der Waals surface area contributed by atoms with Crippen molar-refractivity contribution in [3.8, 4) is 17.0 Å². The van der Waals surface area contributed by atoms with E-state index in [9.17, 15) is 9.18 Å². The maximum absolute atomic E-state index is 13.4. The first-order chi connectivity index (χ1) is 15.6. The number of nitrogens with one attached hydrogen (secondary N) is 1. The van der Waals surface area contributed by atoms with Crippen LogP contribution in [0.5, 0.6) is 5.75 Å². The molecule has 0 fully saturated rings. The summed E-state index contributed by atoms with van der Waals surface area (Å²) in [6.07, 6.45) is 2.59.